The first-order chi connectivity index (χ1) is 10.1. The summed E-state index contributed by atoms with van der Waals surface area (Å²) in [6.07, 6.45) is 0. The predicted molar refractivity (Wildman–Crippen MR) is 83.2 cm³/mol. The lowest BCUT2D eigenvalue weighted by molar-refractivity contribution is -0.118. The predicted octanol–water partition coefficient (Wildman–Crippen LogP) is 2.67. The molecule has 0 atom stereocenters. The first-order valence-corrected chi connectivity index (χ1v) is 7.43. The zero-order valence-electron chi connectivity index (χ0n) is 11.9. The van der Waals surface area contributed by atoms with E-state index in [1.807, 2.05) is 30.3 Å². The van der Waals surface area contributed by atoms with Gasteiger partial charge in [-0.2, -0.15) is 4.37 Å². The molecule has 110 valence electrons. The van der Waals surface area contributed by atoms with E-state index in [0.717, 1.165) is 17.1 Å². The molecule has 1 aromatic carbocycles. The number of aromatic nitrogens is 1. The van der Waals surface area contributed by atoms with Gasteiger partial charge in [0.05, 0.1) is 0 Å². The maximum Gasteiger partial charge on any atom is 0.263 e. The lowest BCUT2D eigenvalue weighted by Gasteiger charge is -2.04. The average molecular weight is 303 g/mol. The molecule has 0 aliphatic rings. The van der Waals surface area contributed by atoms with Gasteiger partial charge in [-0.1, -0.05) is 44.2 Å². The van der Waals surface area contributed by atoms with E-state index in [1.54, 1.807) is 19.9 Å². The normalized spacial score (nSPS) is 10.4. The number of rotatable bonds is 5. The summed E-state index contributed by atoms with van der Waals surface area (Å²) in [7, 11) is 0. The van der Waals surface area contributed by atoms with Gasteiger partial charge in [0.1, 0.15) is 10.7 Å². The maximum absolute atomic E-state index is 12.0. The van der Waals surface area contributed by atoms with Gasteiger partial charge in [0.25, 0.3) is 5.91 Å². The number of hydrogen-bond donors (Lipinski definition) is 2. The summed E-state index contributed by atoms with van der Waals surface area (Å²) in [5.41, 5.74) is 1.03. The van der Waals surface area contributed by atoms with Crippen molar-refractivity contribution < 1.29 is 9.59 Å². The van der Waals surface area contributed by atoms with E-state index in [-0.39, 0.29) is 17.7 Å². The summed E-state index contributed by atoms with van der Waals surface area (Å²) in [6.45, 7) is 4.07. The number of nitrogens with zero attached hydrogens (tertiary/aromatic N) is 1. The molecule has 0 radical (unpaired) electrons. The molecule has 0 saturated heterocycles. The fourth-order valence-electron chi connectivity index (χ4n) is 1.58. The highest BCUT2D eigenvalue weighted by Crippen LogP contribution is 2.15. The van der Waals surface area contributed by atoms with Crippen LogP contribution < -0.4 is 10.6 Å². The molecular weight excluding hydrogens is 286 g/mol. The molecule has 0 bridgehead atoms. The minimum Gasteiger partial charge on any atom is -0.347 e. The van der Waals surface area contributed by atoms with Crippen LogP contribution in [0.15, 0.2) is 36.4 Å². The summed E-state index contributed by atoms with van der Waals surface area (Å²) in [4.78, 5) is 24.0. The third-order valence-corrected chi connectivity index (χ3v) is 3.59. The smallest absolute Gasteiger partial charge is 0.263 e. The van der Waals surface area contributed by atoms with Gasteiger partial charge in [0, 0.05) is 18.5 Å². The van der Waals surface area contributed by atoms with Crippen LogP contribution in [-0.4, -0.2) is 16.2 Å². The molecule has 1 heterocycles. The van der Waals surface area contributed by atoms with Crippen LogP contribution in [0.2, 0.25) is 0 Å². The molecule has 0 fully saturated rings. The third kappa shape index (κ3) is 4.39. The number of carbonyl (C=O) groups is 2. The van der Waals surface area contributed by atoms with E-state index in [9.17, 15) is 9.59 Å². The monoisotopic (exact) mass is 303 g/mol. The number of amides is 2. The number of hydrogen-bond acceptors (Lipinski definition) is 4. The van der Waals surface area contributed by atoms with Gasteiger partial charge in [0.2, 0.25) is 5.91 Å². The van der Waals surface area contributed by atoms with E-state index < -0.39 is 0 Å². The van der Waals surface area contributed by atoms with Crippen LogP contribution in [0.5, 0.6) is 0 Å². The van der Waals surface area contributed by atoms with Gasteiger partial charge < -0.3 is 10.6 Å². The Labute approximate surface area is 127 Å². The van der Waals surface area contributed by atoms with Crippen LogP contribution >= 0.6 is 11.5 Å². The van der Waals surface area contributed by atoms with Crippen LogP contribution in [0, 0.1) is 5.92 Å². The van der Waals surface area contributed by atoms with E-state index in [0.29, 0.717) is 17.2 Å². The Kier molecular flexibility index (Phi) is 5.05. The molecule has 0 aliphatic carbocycles. The van der Waals surface area contributed by atoms with Gasteiger partial charge in [-0.15, -0.1) is 0 Å². The Morgan fingerprint density at radius 1 is 1.24 bits per heavy atom. The largest absolute Gasteiger partial charge is 0.347 e. The lowest BCUT2D eigenvalue weighted by Crippen LogP contribution is -2.21. The first kappa shape index (κ1) is 15.2. The highest BCUT2D eigenvalue weighted by molar-refractivity contribution is 7.08. The molecule has 2 rings (SSSR count). The highest BCUT2D eigenvalue weighted by atomic mass is 32.1. The number of nitrogens with one attached hydrogen (secondary N) is 2. The van der Waals surface area contributed by atoms with Crippen molar-refractivity contribution in [2.75, 3.05) is 5.32 Å². The minimum atomic E-state index is -0.193. The first-order valence-electron chi connectivity index (χ1n) is 6.66. The van der Waals surface area contributed by atoms with Gasteiger partial charge in [0.15, 0.2) is 0 Å². The Balaban J connectivity index is 1.91. The Hall–Kier alpha value is -2.21. The molecule has 6 heteroatoms. The number of carbonyl (C=O) groups excluding carboxylic acids is 2. The average Bonchev–Trinajstić information content (AvgIpc) is 2.94. The molecule has 21 heavy (non-hydrogen) atoms. The fraction of sp³-hybridized carbons (Fsp3) is 0.267. The summed E-state index contributed by atoms with van der Waals surface area (Å²) in [6, 6.07) is 11.3. The van der Waals surface area contributed by atoms with Crippen molar-refractivity contribution in [1.82, 2.24) is 9.69 Å². The van der Waals surface area contributed by atoms with Crippen LogP contribution in [0.4, 0.5) is 5.82 Å². The summed E-state index contributed by atoms with van der Waals surface area (Å²) in [5, 5.41) is 5.49. The zero-order valence-corrected chi connectivity index (χ0v) is 12.7. The number of benzene rings is 1. The van der Waals surface area contributed by atoms with E-state index in [4.69, 9.17) is 0 Å². The maximum atomic E-state index is 12.0. The quantitative estimate of drug-likeness (QED) is 0.892. The van der Waals surface area contributed by atoms with Crippen molar-refractivity contribution >= 4 is 29.2 Å². The van der Waals surface area contributed by atoms with Crippen molar-refractivity contribution in [3.8, 4) is 0 Å². The van der Waals surface area contributed by atoms with E-state index in [2.05, 4.69) is 15.0 Å². The molecular formula is C15H17N3O2S. The fourth-order valence-corrected chi connectivity index (χ4v) is 2.19. The molecule has 5 nitrogen and oxygen atoms in total. The van der Waals surface area contributed by atoms with Crippen molar-refractivity contribution in [3.63, 3.8) is 0 Å². The molecule has 2 N–H and O–H groups in total. The highest BCUT2D eigenvalue weighted by Gasteiger charge is 2.13. The molecule has 2 amide bonds. The topological polar surface area (TPSA) is 71.1 Å². The Morgan fingerprint density at radius 2 is 1.95 bits per heavy atom. The molecule has 2 aromatic rings. The Bertz CT molecular complexity index is 623. The minimum absolute atomic E-state index is 0.114. The third-order valence-electron chi connectivity index (χ3n) is 2.81. The summed E-state index contributed by atoms with van der Waals surface area (Å²) < 4.78 is 4.06. The van der Waals surface area contributed by atoms with Crippen LogP contribution in [0.25, 0.3) is 0 Å². The van der Waals surface area contributed by atoms with Gasteiger partial charge in [-0.25, -0.2) is 0 Å². The van der Waals surface area contributed by atoms with Crippen molar-refractivity contribution in [3.05, 3.63) is 46.8 Å². The van der Waals surface area contributed by atoms with Crippen LogP contribution in [0.3, 0.4) is 0 Å². The standard InChI is InChI=1S/C15H17N3O2S/c1-10(2)14(19)17-13-8-12(21-18-13)15(20)16-9-11-6-4-3-5-7-11/h3-8,10H,9H2,1-2H3,(H,16,20)(H,17,18,19). The van der Waals surface area contributed by atoms with Crippen molar-refractivity contribution in [2.24, 2.45) is 5.92 Å². The molecule has 0 aliphatic heterocycles. The van der Waals surface area contributed by atoms with Gasteiger partial charge >= 0.3 is 0 Å². The molecule has 0 unspecified atom stereocenters. The summed E-state index contributed by atoms with van der Waals surface area (Å²) in [5.74, 6) is -0.0106. The van der Waals surface area contributed by atoms with Crippen LogP contribution in [0.1, 0.15) is 29.1 Å². The molecule has 0 spiro atoms. The molecule has 1 aromatic heterocycles. The molecule has 0 saturated carbocycles. The number of anilines is 1. The second-order valence-corrected chi connectivity index (χ2v) is 5.69. The Morgan fingerprint density at radius 3 is 2.62 bits per heavy atom. The van der Waals surface area contributed by atoms with Gasteiger partial charge in [-0.3, -0.25) is 9.59 Å². The SMILES string of the molecule is CC(C)C(=O)Nc1cc(C(=O)NCc2ccccc2)sn1. The summed E-state index contributed by atoms with van der Waals surface area (Å²) >= 11 is 1.07. The van der Waals surface area contributed by atoms with Crippen molar-refractivity contribution in [1.29, 1.82) is 0 Å². The zero-order chi connectivity index (χ0) is 15.2. The van der Waals surface area contributed by atoms with Crippen molar-refractivity contribution in [2.45, 2.75) is 20.4 Å². The second-order valence-electron chi connectivity index (χ2n) is 4.89. The van der Waals surface area contributed by atoms with E-state index >= 15 is 0 Å². The second kappa shape index (κ2) is 6.99. The lowest BCUT2D eigenvalue weighted by atomic mass is 10.2. The van der Waals surface area contributed by atoms with Crippen LogP contribution in [-0.2, 0) is 11.3 Å². The van der Waals surface area contributed by atoms with Gasteiger partial charge in [-0.05, 0) is 17.1 Å². The van der Waals surface area contributed by atoms with E-state index in [1.165, 1.54) is 0 Å².